The van der Waals surface area contributed by atoms with Crippen LogP contribution in [-0.4, -0.2) is 12.7 Å². The molecule has 0 aromatic rings. The molecule has 0 aliphatic carbocycles. The molecule has 1 heterocycles. The summed E-state index contributed by atoms with van der Waals surface area (Å²) in [6.45, 7) is 6.94. The highest BCUT2D eigenvalue weighted by Crippen LogP contribution is 2.25. The van der Waals surface area contributed by atoms with Crippen molar-refractivity contribution in [1.82, 2.24) is 0 Å². The van der Waals surface area contributed by atoms with Crippen molar-refractivity contribution in [3.8, 4) is 0 Å². The lowest BCUT2D eigenvalue weighted by Crippen LogP contribution is -2.28. The molecule has 0 radical (unpaired) electrons. The zero-order valence-corrected chi connectivity index (χ0v) is 7.38. The second-order valence-corrected chi connectivity index (χ2v) is 3.24. The van der Waals surface area contributed by atoms with Gasteiger partial charge in [0.15, 0.2) is 0 Å². The summed E-state index contributed by atoms with van der Waals surface area (Å²) in [5, 5.41) is 0. The van der Waals surface area contributed by atoms with Crippen LogP contribution in [0.25, 0.3) is 0 Å². The van der Waals surface area contributed by atoms with E-state index in [0.29, 0.717) is 6.10 Å². The molecular formula is C10H18O. The lowest BCUT2D eigenvalue weighted by atomic mass is 9.90. The van der Waals surface area contributed by atoms with E-state index < -0.39 is 0 Å². The summed E-state index contributed by atoms with van der Waals surface area (Å²) in [6, 6.07) is 0. The molecule has 0 amide bonds. The Morgan fingerprint density at radius 1 is 1.64 bits per heavy atom. The maximum Gasteiger partial charge on any atom is 0.0637 e. The second-order valence-electron chi connectivity index (χ2n) is 3.24. The minimum Gasteiger partial charge on any atom is -0.378 e. The van der Waals surface area contributed by atoms with E-state index in [1.54, 1.807) is 0 Å². The van der Waals surface area contributed by atoms with Gasteiger partial charge in [0.1, 0.15) is 0 Å². The molecule has 2 unspecified atom stereocenters. The lowest BCUT2D eigenvalue weighted by molar-refractivity contribution is -0.0250. The Morgan fingerprint density at radius 3 is 3.09 bits per heavy atom. The standard InChI is InChI=1S/C10H18O/c1-3-6-10-9(4-2)7-5-8-11-10/h3,9-10H,1,4-8H2,2H3. The van der Waals surface area contributed by atoms with E-state index in [2.05, 4.69) is 13.5 Å². The van der Waals surface area contributed by atoms with Gasteiger partial charge in [-0.2, -0.15) is 0 Å². The van der Waals surface area contributed by atoms with E-state index in [-0.39, 0.29) is 0 Å². The molecule has 1 fully saturated rings. The fourth-order valence-corrected chi connectivity index (χ4v) is 1.79. The van der Waals surface area contributed by atoms with Crippen LogP contribution in [0.2, 0.25) is 0 Å². The average Bonchev–Trinajstić information content (AvgIpc) is 2.06. The zero-order chi connectivity index (χ0) is 8.10. The molecule has 0 spiro atoms. The minimum atomic E-state index is 0.464. The summed E-state index contributed by atoms with van der Waals surface area (Å²) < 4.78 is 5.65. The quantitative estimate of drug-likeness (QED) is 0.568. The van der Waals surface area contributed by atoms with Gasteiger partial charge in [0.2, 0.25) is 0 Å². The SMILES string of the molecule is C=CCC1OCCCC1CC. The molecule has 0 aromatic carbocycles. The van der Waals surface area contributed by atoms with E-state index in [9.17, 15) is 0 Å². The van der Waals surface area contributed by atoms with Gasteiger partial charge >= 0.3 is 0 Å². The molecule has 1 nitrogen and oxygen atoms in total. The van der Waals surface area contributed by atoms with Gasteiger partial charge in [0, 0.05) is 6.61 Å². The van der Waals surface area contributed by atoms with Crippen molar-refractivity contribution in [3.05, 3.63) is 12.7 Å². The van der Waals surface area contributed by atoms with Crippen LogP contribution in [0.4, 0.5) is 0 Å². The first-order valence-corrected chi connectivity index (χ1v) is 4.61. The van der Waals surface area contributed by atoms with Crippen LogP contribution >= 0.6 is 0 Å². The molecule has 11 heavy (non-hydrogen) atoms. The van der Waals surface area contributed by atoms with E-state index in [4.69, 9.17) is 4.74 Å². The third kappa shape index (κ3) is 2.33. The summed E-state index contributed by atoms with van der Waals surface area (Å²) in [6.07, 6.45) is 7.29. The van der Waals surface area contributed by atoms with Crippen molar-refractivity contribution in [3.63, 3.8) is 0 Å². The zero-order valence-electron chi connectivity index (χ0n) is 7.38. The van der Waals surface area contributed by atoms with Crippen molar-refractivity contribution in [2.75, 3.05) is 6.61 Å². The molecule has 1 aliphatic heterocycles. The fourth-order valence-electron chi connectivity index (χ4n) is 1.79. The Morgan fingerprint density at radius 2 is 2.45 bits per heavy atom. The first kappa shape index (κ1) is 8.79. The largest absolute Gasteiger partial charge is 0.378 e. The highest BCUT2D eigenvalue weighted by molar-refractivity contribution is 4.80. The van der Waals surface area contributed by atoms with Crippen LogP contribution in [0.1, 0.15) is 32.6 Å². The Bertz CT molecular complexity index is 120. The molecule has 0 N–H and O–H groups in total. The first-order chi connectivity index (χ1) is 5.38. The van der Waals surface area contributed by atoms with Gasteiger partial charge in [-0.05, 0) is 25.2 Å². The van der Waals surface area contributed by atoms with Gasteiger partial charge in [-0.15, -0.1) is 6.58 Å². The van der Waals surface area contributed by atoms with Crippen molar-refractivity contribution in [2.45, 2.75) is 38.7 Å². The van der Waals surface area contributed by atoms with Crippen LogP contribution in [0, 0.1) is 5.92 Å². The third-order valence-electron chi connectivity index (χ3n) is 2.50. The van der Waals surface area contributed by atoms with Gasteiger partial charge in [0.05, 0.1) is 6.10 Å². The van der Waals surface area contributed by atoms with Gasteiger partial charge < -0.3 is 4.74 Å². The Balaban J connectivity index is 2.37. The summed E-state index contributed by atoms with van der Waals surface area (Å²) in [5.41, 5.74) is 0. The van der Waals surface area contributed by atoms with Crippen molar-refractivity contribution in [1.29, 1.82) is 0 Å². The molecule has 0 aromatic heterocycles. The molecule has 0 saturated carbocycles. The second kappa shape index (κ2) is 4.55. The Labute approximate surface area is 69.4 Å². The number of hydrogen-bond donors (Lipinski definition) is 0. The summed E-state index contributed by atoms with van der Waals surface area (Å²) in [7, 11) is 0. The molecule has 0 bridgehead atoms. The van der Waals surface area contributed by atoms with Crippen LogP contribution in [-0.2, 0) is 4.74 Å². The smallest absolute Gasteiger partial charge is 0.0637 e. The average molecular weight is 154 g/mol. The van der Waals surface area contributed by atoms with Gasteiger partial charge in [0.25, 0.3) is 0 Å². The van der Waals surface area contributed by atoms with E-state index in [1.807, 2.05) is 6.08 Å². The predicted molar refractivity (Wildman–Crippen MR) is 47.6 cm³/mol. The molecule has 1 saturated heterocycles. The Kier molecular flexibility index (Phi) is 3.64. The molecular weight excluding hydrogens is 136 g/mol. The summed E-state index contributed by atoms with van der Waals surface area (Å²) in [5.74, 6) is 0.779. The normalized spacial score (nSPS) is 31.7. The van der Waals surface area contributed by atoms with Crippen LogP contribution < -0.4 is 0 Å². The third-order valence-corrected chi connectivity index (χ3v) is 2.50. The minimum absolute atomic E-state index is 0.464. The number of rotatable bonds is 3. The predicted octanol–water partition coefficient (Wildman–Crippen LogP) is 2.77. The van der Waals surface area contributed by atoms with Crippen LogP contribution in [0.3, 0.4) is 0 Å². The van der Waals surface area contributed by atoms with Crippen LogP contribution in [0.5, 0.6) is 0 Å². The summed E-state index contributed by atoms with van der Waals surface area (Å²) in [4.78, 5) is 0. The number of ether oxygens (including phenoxy) is 1. The summed E-state index contributed by atoms with van der Waals surface area (Å²) >= 11 is 0. The van der Waals surface area contributed by atoms with Gasteiger partial charge in [-0.1, -0.05) is 19.4 Å². The van der Waals surface area contributed by atoms with Crippen LogP contribution in [0.15, 0.2) is 12.7 Å². The van der Waals surface area contributed by atoms with Gasteiger partial charge in [-0.3, -0.25) is 0 Å². The van der Waals surface area contributed by atoms with Crippen molar-refractivity contribution < 1.29 is 4.74 Å². The Hall–Kier alpha value is -0.300. The molecule has 1 rings (SSSR count). The lowest BCUT2D eigenvalue weighted by Gasteiger charge is -2.30. The monoisotopic (exact) mass is 154 g/mol. The van der Waals surface area contributed by atoms with E-state index in [1.165, 1.54) is 19.3 Å². The maximum absolute atomic E-state index is 5.65. The molecule has 64 valence electrons. The highest BCUT2D eigenvalue weighted by Gasteiger charge is 2.22. The maximum atomic E-state index is 5.65. The molecule has 1 heteroatoms. The topological polar surface area (TPSA) is 9.23 Å². The molecule has 1 aliphatic rings. The number of hydrogen-bond acceptors (Lipinski definition) is 1. The molecule has 2 atom stereocenters. The fraction of sp³-hybridized carbons (Fsp3) is 0.800. The van der Waals surface area contributed by atoms with E-state index in [0.717, 1.165) is 18.9 Å². The van der Waals surface area contributed by atoms with Gasteiger partial charge in [-0.25, -0.2) is 0 Å². The first-order valence-electron chi connectivity index (χ1n) is 4.61. The van der Waals surface area contributed by atoms with E-state index >= 15 is 0 Å². The van der Waals surface area contributed by atoms with Crippen molar-refractivity contribution in [2.24, 2.45) is 5.92 Å². The highest BCUT2D eigenvalue weighted by atomic mass is 16.5. The van der Waals surface area contributed by atoms with Crippen molar-refractivity contribution >= 4 is 0 Å².